The average molecular weight is 342 g/mol. The summed E-state index contributed by atoms with van der Waals surface area (Å²) in [6, 6.07) is 15.5. The smallest absolute Gasteiger partial charge is 0.332 e. The Morgan fingerprint density at radius 1 is 1.04 bits per heavy atom. The SMILES string of the molecule is Cc1nc(-c2ccc(OS(=O)(=O)/C=C\c3ccccc3)cc2)no1. The number of hydrogen-bond acceptors (Lipinski definition) is 6. The van der Waals surface area contributed by atoms with E-state index in [4.69, 9.17) is 8.71 Å². The van der Waals surface area contributed by atoms with Crippen LogP contribution in [0.5, 0.6) is 5.75 Å². The van der Waals surface area contributed by atoms with Crippen LogP contribution in [0.2, 0.25) is 0 Å². The van der Waals surface area contributed by atoms with E-state index in [0.29, 0.717) is 17.3 Å². The van der Waals surface area contributed by atoms with Gasteiger partial charge < -0.3 is 8.71 Å². The van der Waals surface area contributed by atoms with E-state index in [9.17, 15) is 8.42 Å². The van der Waals surface area contributed by atoms with Gasteiger partial charge in [-0.25, -0.2) is 0 Å². The maximum Gasteiger partial charge on any atom is 0.332 e. The van der Waals surface area contributed by atoms with E-state index in [0.717, 1.165) is 11.0 Å². The molecule has 1 aromatic heterocycles. The first-order valence-electron chi connectivity index (χ1n) is 7.10. The highest BCUT2D eigenvalue weighted by Crippen LogP contribution is 2.21. The number of aryl methyl sites for hydroxylation is 1. The lowest BCUT2D eigenvalue weighted by Gasteiger charge is -2.03. The molecule has 0 aliphatic rings. The highest BCUT2D eigenvalue weighted by Gasteiger charge is 2.10. The zero-order chi connectivity index (χ0) is 17.0. The third-order valence-corrected chi connectivity index (χ3v) is 3.97. The fourth-order valence-electron chi connectivity index (χ4n) is 1.96. The van der Waals surface area contributed by atoms with E-state index in [1.165, 1.54) is 18.2 Å². The standard InChI is InChI=1S/C17H14N2O4S/c1-13-18-17(19-22-13)15-7-9-16(10-8-15)23-24(20,21)12-11-14-5-3-2-4-6-14/h2-12H,1H3/b12-11-. The molecule has 0 saturated heterocycles. The van der Waals surface area contributed by atoms with Gasteiger partial charge in [0.1, 0.15) is 5.75 Å². The van der Waals surface area contributed by atoms with Crippen molar-refractivity contribution in [3.63, 3.8) is 0 Å². The molecule has 0 atom stereocenters. The van der Waals surface area contributed by atoms with Gasteiger partial charge in [-0.1, -0.05) is 35.5 Å². The molecule has 7 heteroatoms. The van der Waals surface area contributed by atoms with Crippen LogP contribution in [0.3, 0.4) is 0 Å². The van der Waals surface area contributed by atoms with Gasteiger partial charge in [0, 0.05) is 12.5 Å². The van der Waals surface area contributed by atoms with Gasteiger partial charge in [0.05, 0.1) is 5.41 Å². The summed E-state index contributed by atoms with van der Waals surface area (Å²) in [7, 11) is -3.84. The number of hydrogen-bond donors (Lipinski definition) is 0. The first-order chi connectivity index (χ1) is 11.5. The van der Waals surface area contributed by atoms with E-state index in [1.54, 1.807) is 31.2 Å². The summed E-state index contributed by atoms with van der Waals surface area (Å²) in [5.74, 6) is 1.10. The predicted octanol–water partition coefficient (Wildman–Crippen LogP) is 3.42. The molecular formula is C17H14N2O4S. The molecule has 2 aromatic carbocycles. The van der Waals surface area contributed by atoms with Crippen LogP contribution < -0.4 is 4.18 Å². The minimum atomic E-state index is -3.84. The molecule has 0 bridgehead atoms. The van der Waals surface area contributed by atoms with Gasteiger partial charge in [-0.2, -0.15) is 13.4 Å². The van der Waals surface area contributed by atoms with Gasteiger partial charge in [-0.3, -0.25) is 0 Å². The molecule has 1 heterocycles. The van der Waals surface area contributed by atoms with Crippen LogP contribution in [0.1, 0.15) is 11.5 Å². The predicted molar refractivity (Wildman–Crippen MR) is 89.5 cm³/mol. The van der Waals surface area contributed by atoms with Crippen molar-refractivity contribution >= 4 is 16.2 Å². The summed E-state index contributed by atoms with van der Waals surface area (Å²) in [4.78, 5) is 4.10. The lowest BCUT2D eigenvalue weighted by molar-refractivity contribution is 0.394. The Morgan fingerprint density at radius 3 is 2.38 bits per heavy atom. The monoisotopic (exact) mass is 342 g/mol. The van der Waals surface area contributed by atoms with Crippen LogP contribution in [0, 0.1) is 6.92 Å². The summed E-state index contributed by atoms with van der Waals surface area (Å²) in [5, 5.41) is 4.82. The van der Waals surface area contributed by atoms with Crippen LogP contribution in [-0.2, 0) is 10.1 Å². The van der Waals surface area contributed by atoms with Crippen molar-refractivity contribution < 1.29 is 17.1 Å². The van der Waals surface area contributed by atoms with Gasteiger partial charge in [0.15, 0.2) is 0 Å². The fraction of sp³-hybridized carbons (Fsp3) is 0.0588. The summed E-state index contributed by atoms with van der Waals surface area (Å²) >= 11 is 0. The Balaban J connectivity index is 1.72. The average Bonchev–Trinajstić information content (AvgIpc) is 3.01. The maximum absolute atomic E-state index is 12.0. The van der Waals surface area contributed by atoms with Crippen molar-refractivity contribution in [1.82, 2.24) is 10.1 Å². The summed E-state index contributed by atoms with van der Waals surface area (Å²) in [6.45, 7) is 1.69. The Hall–Kier alpha value is -2.93. The topological polar surface area (TPSA) is 82.3 Å². The molecule has 3 rings (SSSR count). The van der Waals surface area contributed by atoms with E-state index < -0.39 is 10.1 Å². The van der Waals surface area contributed by atoms with Crippen LogP contribution >= 0.6 is 0 Å². The van der Waals surface area contributed by atoms with Gasteiger partial charge in [-0.15, -0.1) is 0 Å². The third-order valence-electron chi connectivity index (χ3n) is 3.08. The summed E-state index contributed by atoms with van der Waals surface area (Å²) in [6.07, 6.45) is 1.48. The van der Waals surface area contributed by atoms with Gasteiger partial charge in [-0.05, 0) is 35.9 Å². The molecule has 0 unspecified atom stereocenters. The van der Waals surface area contributed by atoms with Gasteiger partial charge in [0.25, 0.3) is 0 Å². The Labute approximate surface area is 139 Å². The summed E-state index contributed by atoms with van der Waals surface area (Å²) in [5.41, 5.74) is 1.48. The minimum absolute atomic E-state index is 0.205. The molecule has 0 fully saturated rings. The highest BCUT2D eigenvalue weighted by molar-refractivity contribution is 7.90. The lowest BCUT2D eigenvalue weighted by atomic mass is 10.2. The minimum Gasteiger partial charge on any atom is -0.379 e. The molecule has 0 amide bonds. The van der Waals surface area contributed by atoms with E-state index in [2.05, 4.69) is 10.1 Å². The van der Waals surface area contributed by atoms with Crippen molar-refractivity contribution in [2.24, 2.45) is 0 Å². The van der Waals surface area contributed by atoms with Crippen molar-refractivity contribution in [3.05, 3.63) is 71.5 Å². The zero-order valence-corrected chi connectivity index (χ0v) is 13.6. The molecule has 122 valence electrons. The van der Waals surface area contributed by atoms with Crippen LogP contribution in [-0.4, -0.2) is 18.6 Å². The normalized spacial score (nSPS) is 11.7. The second-order valence-corrected chi connectivity index (χ2v) is 6.38. The van der Waals surface area contributed by atoms with Crippen molar-refractivity contribution in [2.75, 3.05) is 0 Å². The van der Waals surface area contributed by atoms with E-state index in [-0.39, 0.29) is 5.75 Å². The highest BCUT2D eigenvalue weighted by atomic mass is 32.2. The van der Waals surface area contributed by atoms with Crippen LogP contribution in [0.15, 0.2) is 64.5 Å². The third kappa shape index (κ3) is 4.08. The molecule has 6 nitrogen and oxygen atoms in total. The molecule has 0 aliphatic heterocycles. The van der Waals surface area contributed by atoms with Crippen molar-refractivity contribution in [2.45, 2.75) is 6.92 Å². The lowest BCUT2D eigenvalue weighted by Crippen LogP contribution is -2.04. The van der Waals surface area contributed by atoms with E-state index in [1.807, 2.05) is 18.2 Å². The first kappa shape index (κ1) is 15.9. The molecule has 3 aromatic rings. The Kier molecular flexibility index (Phi) is 4.43. The maximum atomic E-state index is 12.0. The van der Waals surface area contributed by atoms with Gasteiger partial charge >= 0.3 is 10.1 Å². The summed E-state index contributed by atoms with van der Waals surface area (Å²) < 4.78 is 33.9. The molecule has 0 aliphatic carbocycles. The molecule has 0 spiro atoms. The molecule has 0 radical (unpaired) electrons. The number of rotatable bonds is 5. The van der Waals surface area contributed by atoms with Crippen LogP contribution in [0.4, 0.5) is 0 Å². The largest absolute Gasteiger partial charge is 0.379 e. The molecule has 0 N–H and O–H groups in total. The molecule has 24 heavy (non-hydrogen) atoms. The Bertz CT molecular complexity index is 946. The molecular weight excluding hydrogens is 328 g/mol. The van der Waals surface area contributed by atoms with E-state index >= 15 is 0 Å². The molecule has 0 saturated carbocycles. The van der Waals surface area contributed by atoms with Crippen LogP contribution in [0.25, 0.3) is 17.5 Å². The Morgan fingerprint density at radius 2 is 1.75 bits per heavy atom. The number of benzene rings is 2. The first-order valence-corrected chi connectivity index (χ1v) is 8.57. The number of aromatic nitrogens is 2. The quantitative estimate of drug-likeness (QED) is 0.661. The fourth-order valence-corrected chi connectivity index (χ4v) is 2.72. The second-order valence-electron chi connectivity index (χ2n) is 4.95. The zero-order valence-electron chi connectivity index (χ0n) is 12.8. The van der Waals surface area contributed by atoms with Crippen molar-refractivity contribution in [3.8, 4) is 17.1 Å². The second kappa shape index (κ2) is 6.67. The number of nitrogens with zero attached hydrogens (tertiary/aromatic N) is 2. The van der Waals surface area contributed by atoms with Gasteiger partial charge in [0.2, 0.25) is 11.7 Å². The van der Waals surface area contributed by atoms with Crippen molar-refractivity contribution in [1.29, 1.82) is 0 Å².